The predicted octanol–water partition coefficient (Wildman–Crippen LogP) is 2.50. The lowest BCUT2D eigenvalue weighted by Crippen LogP contribution is -2.21. The van der Waals surface area contributed by atoms with E-state index in [4.69, 9.17) is 0 Å². The fourth-order valence-corrected chi connectivity index (χ4v) is 1.47. The van der Waals surface area contributed by atoms with Gasteiger partial charge in [-0.15, -0.1) is 0 Å². The maximum absolute atomic E-state index is 11.9. The molecule has 1 heterocycles. The van der Waals surface area contributed by atoms with Crippen LogP contribution in [-0.4, -0.2) is 19.1 Å². The molecule has 72 valence electrons. The van der Waals surface area contributed by atoms with Gasteiger partial charge in [0.15, 0.2) is 5.06 Å². The number of methoxy groups -OCH3 is 1. The normalized spacial score (nSPS) is 11.4. The topological polar surface area (TPSA) is 26.3 Å². The summed E-state index contributed by atoms with van der Waals surface area (Å²) in [5, 5.41) is 0.285. The van der Waals surface area contributed by atoms with Crippen molar-refractivity contribution in [3.8, 4) is 5.06 Å². The third-order valence-electron chi connectivity index (χ3n) is 1.26. The van der Waals surface area contributed by atoms with E-state index in [1.165, 1.54) is 13.2 Å². The third-order valence-corrected chi connectivity index (χ3v) is 2.31. The van der Waals surface area contributed by atoms with Crippen LogP contribution in [0.4, 0.5) is 13.2 Å². The van der Waals surface area contributed by atoms with Crippen LogP contribution in [0.2, 0.25) is 0 Å². The number of halogens is 3. The van der Waals surface area contributed by atoms with Gasteiger partial charge in [0, 0.05) is 0 Å². The van der Waals surface area contributed by atoms with E-state index in [1.54, 1.807) is 0 Å². The zero-order valence-electron chi connectivity index (χ0n) is 6.51. The van der Waals surface area contributed by atoms with Crippen molar-refractivity contribution in [2.75, 3.05) is 7.11 Å². The first-order valence-electron chi connectivity index (χ1n) is 3.20. The van der Waals surface area contributed by atoms with Crippen LogP contribution in [0.3, 0.4) is 0 Å². The quantitative estimate of drug-likeness (QED) is 0.701. The van der Waals surface area contributed by atoms with E-state index in [2.05, 4.69) is 4.74 Å². The molecule has 0 bridgehead atoms. The van der Waals surface area contributed by atoms with Gasteiger partial charge in [-0.3, -0.25) is 4.79 Å². The number of carbonyl (C=O) groups is 1. The van der Waals surface area contributed by atoms with E-state index in [9.17, 15) is 18.0 Å². The summed E-state index contributed by atoms with van der Waals surface area (Å²) in [6.07, 6.45) is -4.81. The van der Waals surface area contributed by atoms with Crippen LogP contribution in [0.25, 0.3) is 0 Å². The molecule has 6 heteroatoms. The largest absolute Gasteiger partial charge is 0.487 e. The number of hydrogen-bond acceptors (Lipinski definition) is 3. The molecule has 0 fully saturated rings. The monoisotopic (exact) mass is 210 g/mol. The molecule has 0 aliphatic heterocycles. The van der Waals surface area contributed by atoms with Gasteiger partial charge in [-0.2, -0.15) is 13.2 Å². The van der Waals surface area contributed by atoms with Crippen LogP contribution in [0.15, 0.2) is 12.1 Å². The average molecular weight is 210 g/mol. The van der Waals surface area contributed by atoms with Crippen molar-refractivity contribution in [3.63, 3.8) is 0 Å². The first-order valence-corrected chi connectivity index (χ1v) is 4.02. The van der Waals surface area contributed by atoms with Crippen LogP contribution in [0.5, 0.6) is 5.06 Å². The lowest BCUT2D eigenvalue weighted by Gasteiger charge is -2.00. The summed E-state index contributed by atoms with van der Waals surface area (Å²) in [4.78, 5) is 10.3. The van der Waals surface area contributed by atoms with Crippen molar-refractivity contribution in [2.24, 2.45) is 0 Å². The highest BCUT2D eigenvalue weighted by molar-refractivity contribution is 7.15. The Labute approximate surface area is 75.9 Å². The maximum Gasteiger partial charge on any atom is 0.455 e. The fourth-order valence-electron chi connectivity index (χ4n) is 0.692. The molecule has 0 amide bonds. The highest BCUT2D eigenvalue weighted by Crippen LogP contribution is 2.29. The number of ketones is 1. The van der Waals surface area contributed by atoms with E-state index in [-0.39, 0.29) is 9.94 Å². The SMILES string of the molecule is COc1ccc(C(=O)C(F)(F)F)s1. The summed E-state index contributed by atoms with van der Waals surface area (Å²) in [6.45, 7) is 0. The minimum absolute atomic E-state index is 0.285. The molecule has 0 saturated heterocycles. The Balaban J connectivity index is 2.90. The van der Waals surface area contributed by atoms with Gasteiger partial charge < -0.3 is 4.74 Å². The second-order valence-electron chi connectivity index (χ2n) is 2.15. The van der Waals surface area contributed by atoms with Gasteiger partial charge in [0.1, 0.15) is 0 Å². The number of hydrogen-bond donors (Lipinski definition) is 0. The van der Waals surface area contributed by atoms with Crippen molar-refractivity contribution >= 4 is 17.1 Å². The minimum atomic E-state index is -4.81. The molecule has 0 aromatic carbocycles. The standard InChI is InChI=1S/C7H5F3O2S/c1-12-5-3-2-4(13-5)6(11)7(8,9)10/h2-3H,1H3. The predicted molar refractivity (Wildman–Crippen MR) is 41.3 cm³/mol. The average Bonchev–Trinajstić information content (AvgIpc) is 2.48. The molecule has 0 atom stereocenters. The van der Waals surface area contributed by atoms with Crippen LogP contribution in [0.1, 0.15) is 9.67 Å². The van der Waals surface area contributed by atoms with Crippen molar-refractivity contribution in [1.82, 2.24) is 0 Å². The molecular weight excluding hydrogens is 205 g/mol. The van der Waals surface area contributed by atoms with Gasteiger partial charge in [0.2, 0.25) is 0 Å². The molecular formula is C7H5F3O2S. The molecule has 0 spiro atoms. The number of Topliss-reactive ketones (excluding diaryl/α,β-unsaturated/α-hetero) is 1. The Kier molecular flexibility index (Phi) is 2.60. The molecule has 2 nitrogen and oxygen atoms in total. The Morgan fingerprint density at radius 3 is 2.46 bits per heavy atom. The van der Waals surface area contributed by atoms with E-state index in [1.807, 2.05) is 0 Å². The van der Waals surface area contributed by atoms with Crippen LogP contribution >= 0.6 is 11.3 Å². The Morgan fingerprint density at radius 1 is 1.46 bits per heavy atom. The van der Waals surface area contributed by atoms with E-state index in [0.29, 0.717) is 11.3 Å². The van der Waals surface area contributed by atoms with E-state index >= 15 is 0 Å². The van der Waals surface area contributed by atoms with Gasteiger partial charge >= 0.3 is 6.18 Å². The number of alkyl halides is 3. The molecule has 1 aromatic rings. The zero-order valence-corrected chi connectivity index (χ0v) is 7.33. The first-order chi connectivity index (χ1) is 5.95. The van der Waals surface area contributed by atoms with Crippen LogP contribution in [-0.2, 0) is 0 Å². The highest BCUT2D eigenvalue weighted by Gasteiger charge is 2.40. The van der Waals surface area contributed by atoms with Gasteiger partial charge in [0.25, 0.3) is 5.78 Å². The maximum atomic E-state index is 11.9. The number of rotatable bonds is 2. The second kappa shape index (κ2) is 3.37. The van der Waals surface area contributed by atoms with Gasteiger partial charge in [-0.05, 0) is 12.1 Å². The number of thiophene rings is 1. The lowest BCUT2D eigenvalue weighted by molar-refractivity contribution is -0.0882. The molecule has 13 heavy (non-hydrogen) atoms. The smallest absolute Gasteiger partial charge is 0.455 e. The summed E-state index contributed by atoms with van der Waals surface area (Å²) in [5.41, 5.74) is 0. The first kappa shape index (κ1) is 10.0. The Morgan fingerprint density at radius 2 is 2.08 bits per heavy atom. The molecule has 0 unspecified atom stereocenters. The number of ether oxygens (including phenoxy) is 1. The van der Waals surface area contributed by atoms with Crippen molar-refractivity contribution < 1.29 is 22.7 Å². The fraction of sp³-hybridized carbons (Fsp3) is 0.286. The van der Waals surface area contributed by atoms with Crippen molar-refractivity contribution in [3.05, 3.63) is 17.0 Å². The summed E-state index contributed by atoms with van der Waals surface area (Å²) < 4.78 is 40.2. The summed E-state index contributed by atoms with van der Waals surface area (Å²) in [7, 11) is 1.33. The Bertz CT molecular complexity index is 316. The van der Waals surface area contributed by atoms with Gasteiger partial charge in [-0.25, -0.2) is 0 Å². The van der Waals surface area contributed by atoms with Gasteiger partial charge in [-0.1, -0.05) is 11.3 Å². The zero-order chi connectivity index (χ0) is 10.1. The minimum Gasteiger partial charge on any atom is -0.487 e. The number of carbonyl (C=O) groups excluding carboxylic acids is 1. The Hall–Kier alpha value is -1.04. The molecule has 1 rings (SSSR count). The van der Waals surface area contributed by atoms with E-state index in [0.717, 1.165) is 6.07 Å². The van der Waals surface area contributed by atoms with E-state index < -0.39 is 12.0 Å². The van der Waals surface area contributed by atoms with Crippen molar-refractivity contribution in [2.45, 2.75) is 6.18 Å². The molecule has 0 N–H and O–H groups in total. The molecule has 0 aliphatic rings. The summed E-state index contributed by atoms with van der Waals surface area (Å²) >= 11 is 0.676. The molecule has 1 aromatic heterocycles. The van der Waals surface area contributed by atoms with Crippen LogP contribution in [0, 0.1) is 0 Å². The van der Waals surface area contributed by atoms with Crippen LogP contribution < -0.4 is 4.74 Å². The molecule has 0 saturated carbocycles. The highest BCUT2D eigenvalue weighted by atomic mass is 32.1. The van der Waals surface area contributed by atoms with Gasteiger partial charge in [0.05, 0.1) is 12.0 Å². The second-order valence-corrected chi connectivity index (χ2v) is 3.20. The summed E-state index contributed by atoms with van der Waals surface area (Å²) in [5.74, 6) is -1.83. The lowest BCUT2D eigenvalue weighted by atomic mass is 10.3. The molecule has 0 aliphatic carbocycles. The molecule has 0 radical (unpaired) electrons. The summed E-state index contributed by atoms with van der Waals surface area (Å²) in [6, 6.07) is 2.42. The van der Waals surface area contributed by atoms with Crippen molar-refractivity contribution in [1.29, 1.82) is 0 Å². The third kappa shape index (κ3) is 2.21.